The molecule has 0 aromatic heterocycles. The highest BCUT2D eigenvalue weighted by Gasteiger charge is 2.20. The first-order valence-electron chi connectivity index (χ1n) is 37.4. The van der Waals surface area contributed by atoms with Gasteiger partial charge in [-0.05, 0) is 51.4 Å². The Morgan fingerprint density at radius 2 is 0.580 bits per heavy atom. The first-order chi connectivity index (χ1) is 40.0. The summed E-state index contributed by atoms with van der Waals surface area (Å²) in [5, 5.41) is 23.4. The Morgan fingerprint density at radius 3 is 0.877 bits per heavy atom. The third kappa shape index (κ3) is 67.6. The Balaban J connectivity index is 3.34. The predicted octanol–water partition coefficient (Wildman–Crippen LogP) is 24.3. The number of aliphatic hydroxyl groups is 2. The zero-order valence-corrected chi connectivity index (χ0v) is 55.3. The van der Waals surface area contributed by atoms with Crippen LogP contribution in [0.15, 0.2) is 12.2 Å². The maximum atomic E-state index is 12.6. The van der Waals surface area contributed by atoms with Gasteiger partial charge in [0.2, 0.25) is 5.91 Å². The Morgan fingerprint density at radius 1 is 0.333 bits per heavy atom. The first kappa shape index (κ1) is 79.6. The lowest BCUT2D eigenvalue weighted by Crippen LogP contribution is -2.45. The fourth-order valence-corrected chi connectivity index (χ4v) is 12.1. The minimum atomic E-state index is -0.663. The van der Waals surface area contributed by atoms with Crippen molar-refractivity contribution in [2.75, 3.05) is 13.2 Å². The molecule has 6 heteroatoms. The van der Waals surface area contributed by atoms with E-state index in [9.17, 15) is 19.8 Å². The van der Waals surface area contributed by atoms with Crippen molar-refractivity contribution in [3.05, 3.63) is 12.2 Å². The first-order valence-corrected chi connectivity index (χ1v) is 37.4. The lowest BCUT2D eigenvalue weighted by Gasteiger charge is -2.22. The molecule has 0 aromatic rings. The molecule has 0 aliphatic carbocycles. The highest BCUT2D eigenvalue weighted by Crippen LogP contribution is 2.20. The third-order valence-corrected chi connectivity index (χ3v) is 17.8. The number of ether oxygens (including phenoxy) is 1. The van der Waals surface area contributed by atoms with Crippen molar-refractivity contribution in [1.29, 1.82) is 0 Å². The van der Waals surface area contributed by atoms with Crippen LogP contribution < -0.4 is 5.32 Å². The molecule has 1 amide bonds. The zero-order chi connectivity index (χ0) is 58.5. The fourth-order valence-electron chi connectivity index (χ4n) is 12.1. The molecule has 0 rings (SSSR count). The van der Waals surface area contributed by atoms with Gasteiger partial charge in [0.05, 0.1) is 25.4 Å². The van der Waals surface area contributed by atoms with Crippen molar-refractivity contribution in [2.24, 2.45) is 0 Å². The summed E-state index contributed by atoms with van der Waals surface area (Å²) in [5.41, 5.74) is 0. The van der Waals surface area contributed by atoms with E-state index in [0.717, 1.165) is 44.9 Å². The van der Waals surface area contributed by atoms with Gasteiger partial charge in [0.15, 0.2) is 0 Å². The molecule has 0 aliphatic heterocycles. The molecule has 0 saturated heterocycles. The number of hydrogen-bond acceptors (Lipinski definition) is 5. The molecular formula is C75H147NO5. The summed E-state index contributed by atoms with van der Waals surface area (Å²) in [5.74, 6) is -0.0150. The Kier molecular flexibility index (Phi) is 69.9. The van der Waals surface area contributed by atoms with Gasteiger partial charge in [-0.25, -0.2) is 0 Å². The Hall–Kier alpha value is -1.40. The number of unbranched alkanes of at least 4 members (excludes halogenated alkanes) is 58. The smallest absolute Gasteiger partial charge is 0.305 e. The maximum absolute atomic E-state index is 12.6. The molecule has 81 heavy (non-hydrogen) atoms. The lowest BCUT2D eigenvalue weighted by atomic mass is 10.0. The van der Waals surface area contributed by atoms with E-state index in [1.807, 2.05) is 0 Å². The summed E-state index contributed by atoms with van der Waals surface area (Å²) in [6, 6.07) is -0.540. The second-order valence-electron chi connectivity index (χ2n) is 26.0. The summed E-state index contributed by atoms with van der Waals surface area (Å²) >= 11 is 0. The standard InChI is InChI=1S/C75H147NO5/c1-3-5-7-9-11-13-15-17-19-21-22-30-33-36-39-43-47-51-55-59-63-67-73(78)72(71-77)76-74(79)68-64-60-56-52-48-44-40-37-34-31-28-26-24-23-25-27-29-32-35-38-42-46-50-54-58-62-66-70-81-75(80)69-65-61-57-53-49-45-41-20-18-16-14-12-10-8-6-4-2/h20,41,72-73,77-78H,3-19,21-40,42-71H2,1-2H3,(H,76,79)/b41-20-. The summed E-state index contributed by atoms with van der Waals surface area (Å²) in [4.78, 5) is 24.6. The molecule has 3 N–H and O–H groups in total. The number of amides is 1. The van der Waals surface area contributed by atoms with Crippen molar-refractivity contribution in [3.63, 3.8) is 0 Å². The largest absolute Gasteiger partial charge is 0.466 e. The normalized spacial score (nSPS) is 12.5. The van der Waals surface area contributed by atoms with Gasteiger partial charge in [-0.1, -0.05) is 379 Å². The summed E-state index contributed by atoms with van der Waals surface area (Å²) in [6.07, 6.45) is 88.5. The van der Waals surface area contributed by atoms with E-state index in [1.54, 1.807) is 0 Å². The van der Waals surface area contributed by atoms with Crippen LogP contribution in [-0.4, -0.2) is 47.4 Å². The number of nitrogens with one attached hydrogen (secondary N) is 1. The fraction of sp³-hybridized carbons (Fsp3) is 0.947. The molecule has 2 atom stereocenters. The van der Waals surface area contributed by atoms with Gasteiger partial charge in [0.25, 0.3) is 0 Å². The maximum Gasteiger partial charge on any atom is 0.305 e. The van der Waals surface area contributed by atoms with Crippen LogP contribution in [0.1, 0.15) is 431 Å². The van der Waals surface area contributed by atoms with Crippen molar-refractivity contribution >= 4 is 11.9 Å². The van der Waals surface area contributed by atoms with Crippen LogP contribution in [0.4, 0.5) is 0 Å². The van der Waals surface area contributed by atoms with Gasteiger partial charge >= 0.3 is 5.97 Å². The number of hydrogen-bond donors (Lipinski definition) is 3. The summed E-state index contributed by atoms with van der Waals surface area (Å²) < 4.78 is 5.50. The molecule has 2 unspecified atom stereocenters. The predicted molar refractivity (Wildman–Crippen MR) is 357 cm³/mol. The zero-order valence-electron chi connectivity index (χ0n) is 55.3. The quantitative estimate of drug-likeness (QED) is 0.0320. The molecule has 482 valence electrons. The number of aliphatic hydroxyl groups excluding tert-OH is 2. The minimum absolute atomic E-state index is 0.0120. The molecule has 0 aliphatic rings. The van der Waals surface area contributed by atoms with Gasteiger partial charge in [0.1, 0.15) is 0 Å². The molecule has 0 fully saturated rings. The molecule has 0 aromatic carbocycles. The molecule has 0 bridgehead atoms. The van der Waals surface area contributed by atoms with Crippen LogP contribution in [0.2, 0.25) is 0 Å². The van der Waals surface area contributed by atoms with E-state index in [1.165, 1.54) is 353 Å². The monoisotopic (exact) mass is 1140 g/mol. The van der Waals surface area contributed by atoms with E-state index in [-0.39, 0.29) is 18.5 Å². The van der Waals surface area contributed by atoms with E-state index in [4.69, 9.17) is 4.74 Å². The van der Waals surface area contributed by atoms with Gasteiger partial charge in [-0.3, -0.25) is 9.59 Å². The second-order valence-corrected chi connectivity index (χ2v) is 26.0. The van der Waals surface area contributed by atoms with E-state index in [2.05, 4.69) is 31.3 Å². The summed E-state index contributed by atoms with van der Waals surface area (Å²) in [7, 11) is 0. The van der Waals surface area contributed by atoms with Crippen LogP contribution in [0.5, 0.6) is 0 Å². The van der Waals surface area contributed by atoms with Gasteiger partial charge < -0.3 is 20.3 Å². The topological polar surface area (TPSA) is 95.9 Å². The van der Waals surface area contributed by atoms with E-state index >= 15 is 0 Å². The van der Waals surface area contributed by atoms with Gasteiger partial charge in [-0.2, -0.15) is 0 Å². The highest BCUT2D eigenvalue weighted by atomic mass is 16.5. The van der Waals surface area contributed by atoms with Crippen molar-refractivity contribution < 1.29 is 24.5 Å². The van der Waals surface area contributed by atoms with E-state index < -0.39 is 12.1 Å². The lowest BCUT2D eigenvalue weighted by molar-refractivity contribution is -0.143. The molecular weight excluding hydrogens is 995 g/mol. The molecule has 0 saturated carbocycles. The summed E-state index contributed by atoms with van der Waals surface area (Å²) in [6.45, 7) is 5.00. The Labute approximate surface area is 508 Å². The SMILES string of the molecule is CCCCCCCCC/C=C\CCCCCCCC(=O)OCCCCCCCCCCCCCCCCCCCCCCCCCCCCCC(=O)NC(CO)C(O)CCCCCCCCCCCCCCCCCCCCCCC. The average molecular weight is 1140 g/mol. The molecule has 0 spiro atoms. The van der Waals surface area contributed by atoms with Gasteiger partial charge in [-0.15, -0.1) is 0 Å². The van der Waals surface area contributed by atoms with Crippen molar-refractivity contribution in [2.45, 2.75) is 443 Å². The van der Waals surface area contributed by atoms with E-state index in [0.29, 0.717) is 25.9 Å². The third-order valence-electron chi connectivity index (χ3n) is 17.8. The number of esters is 1. The van der Waals surface area contributed by atoms with Crippen LogP contribution >= 0.6 is 0 Å². The number of carbonyl (C=O) groups excluding carboxylic acids is 2. The average Bonchev–Trinajstić information content (AvgIpc) is 3.47. The number of carbonyl (C=O) groups is 2. The molecule has 6 nitrogen and oxygen atoms in total. The highest BCUT2D eigenvalue weighted by molar-refractivity contribution is 5.76. The molecule has 0 heterocycles. The molecule has 0 radical (unpaired) electrons. The van der Waals surface area contributed by atoms with Crippen LogP contribution in [0.25, 0.3) is 0 Å². The van der Waals surface area contributed by atoms with Crippen LogP contribution in [0.3, 0.4) is 0 Å². The number of allylic oxidation sites excluding steroid dienone is 2. The number of rotatable bonds is 71. The van der Waals surface area contributed by atoms with Crippen molar-refractivity contribution in [1.82, 2.24) is 5.32 Å². The van der Waals surface area contributed by atoms with Crippen LogP contribution in [-0.2, 0) is 14.3 Å². The van der Waals surface area contributed by atoms with Crippen LogP contribution in [0, 0.1) is 0 Å². The minimum Gasteiger partial charge on any atom is -0.466 e. The Bertz CT molecular complexity index is 1220. The van der Waals surface area contributed by atoms with Gasteiger partial charge in [0, 0.05) is 12.8 Å². The van der Waals surface area contributed by atoms with Crippen molar-refractivity contribution in [3.8, 4) is 0 Å². The second kappa shape index (κ2) is 71.1.